The van der Waals surface area contributed by atoms with Crippen molar-refractivity contribution >= 4 is 41.6 Å². The summed E-state index contributed by atoms with van der Waals surface area (Å²) in [5.41, 5.74) is -0.0158. The molecule has 0 spiro atoms. The first-order valence-corrected chi connectivity index (χ1v) is 9.34. The summed E-state index contributed by atoms with van der Waals surface area (Å²) in [6.45, 7) is 5.19. The minimum Gasteiger partial charge on any atom is -0.338 e. The van der Waals surface area contributed by atoms with E-state index in [0.29, 0.717) is 13.1 Å². The maximum absolute atomic E-state index is 13.8. The van der Waals surface area contributed by atoms with Gasteiger partial charge in [-0.3, -0.25) is 4.79 Å². The van der Waals surface area contributed by atoms with Gasteiger partial charge in [0.25, 0.3) is 15.0 Å². The van der Waals surface area contributed by atoms with Gasteiger partial charge in [-0.15, -0.1) is 0 Å². The lowest BCUT2D eigenvalue weighted by Crippen LogP contribution is -2.30. The molecule has 0 atom stereocenters. The summed E-state index contributed by atoms with van der Waals surface area (Å²) in [5, 5.41) is 0. The van der Waals surface area contributed by atoms with Crippen molar-refractivity contribution in [2.75, 3.05) is 13.1 Å². The second-order valence-electron chi connectivity index (χ2n) is 5.85. The van der Waals surface area contributed by atoms with Crippen LogP contribution in [0.1, 0.15) is 30.6 Å². The van der Waals surface area contributed by atoms with Crippen LogP contribution in [0.5, 0.6) is 0 Å². The summed E-state index contributed by atoms with van der Waals surface area (Å²) in [5.74, 6) is -1.23. The molecule has 21 heavy (non-hydrogen) atoms. The molecule has 1 aliphatic heterocycles. The number of hydrogen-bond donors (Lipinski definition) is 0. The smallest absolute Gasteiger partial charge is 0.262 e. The lowest BCUT2D eigenvalue weighted by molar-refractivity contribution is 0.0777. The first-order chi connectivity index (χ1) is 9.51. The van der Waals surface area contributed by atoms with E-state index in [4.69, 9.17) is 10.7 Å². The highest BCUT2D eigenvalue weighted by atomic mass is 79.9. The second-order valence-corrected chi connectivity index (χ2v) is 9.18. The summed E-state index contributed by atoms with van der Waals surface area (Å²) < 4.78 is 36.5. The zero-order valence-corrected chi connectivity index (χ0v) is 14.6. The fraction of sp³-hybridized carbons (Fsp3) is 0.462. The molecule has 1 aromatic rings. The molecule has 1 fully saturated rings. The quantitative estimate of drug-likeness (QED) is 0.718. The summed E-state index contributed by atoms with van der Waals surface area (Å²) >= 11 is 2.84. The SMILES string of the molecule is CC1(C)CCN(C(=O)c2cc(F)c(Br)c(S(=O)(=O)Cl)c2)C1. The molecule has 8 heteroatoms. The largest absolute Gasteiger partial charge is 0.338 e. The van der Waals surface area contributed by atoms with E-state index in [0.717, 1.165) is 18.6 Å². The fourth-order valence-electron chi connectivity index (χ4n) is 2.33. The first-order valence-electron chi connectivity index (χ1n) is 6.24. The van der Waals surface area contributed by atoms with Crippen molar-refractivity contribution in [1.82, 2.24) is 4.90 Å². The van der Waals surface area contributed by atoms with Gasteiger partial charge in [0.2, 0.25) is 0 Å². The van der Waals surface area contributed by atoms with Gasteiger partial charge in [0, 0.05) is 29.3 Å². The molecule has 1 heterocycles. The van der Waals surface area contributed by atoms with Crippen LogP contribution in [0.3, 0.4) is 0 Å². The van der Waals surface area contributed by atoms with E-state index < -0.39 is 25.7 Å². The van der Waals surface area contributed by atoms with E-state index in [1.165, 1.54) is 0 Å². The van der Waals surface area contributed by atoms with Gasteiger partial charge in [-0.25, -0.2) is 12.8 Å². The Labute approximate surface area is 135 Å². The number of nitrogens with zero attached hydrogens (tertiary/aromatic N) is 1. The molecular weight excluding hydrogens is 385 g/mol. The van der Waals surface area contributed by atoms with E-state index in [1.54, 1.807) is 4.90 Å². The van der Waals surface area contributed by atoms with Crippen LogP contribution in [0.4, 0.5) is 4.39 Å². The Morgan fingerprint density at radius 3 is 2.52 bits per heavy atom. The molecule has 0 bridgehead atoms. The maximum Gasteiger partial charge on any atom is 0.262 e. The van der Waals surface area contributed by atoms with Crippen molar-refractivity contribution in [2.45, 2.75) is 25.2 Å². The summed E-state index contributed by atoms with van der Waals surface area (Å²) in [6.07, 6.45) is 0.846. The van der Waals surface area contributed by atoms with E-state index >= 15 is 0 Å². The maximum atomic E-state index is 13.8. The van der Waals surface area contributed by atoms with Gasteiger partial charge < -0.3 is 4.90 Å². The van der Waals surface area contributed by atoms with E-state index in [2.05, 4.69) is 15.9 Å². The van der Waals surface area contributed by atoms with Gasteiger partial charge in [0.05, 0.1) is 4.47 Å². The highest BCUT2D eigenvalue weighted by Crippen LogP contribution is 2.32. The molecule has 0 unspecified atom stereocenters. The van der Waals surface area contributed by atoms with Gasteiger partial charge in [-0.2, -0.15) is 0 Å². The highest BCUT2D eigenvalue weighted by Gasteiger charge is 2.33. The van der Waals surface area contributed by atoms with Gasteiger partial charge in [-0.1, -0.05) is 13.8 Å². The van der Waals surface area contributed by atoms with Gasteiger partial charge in [-0.05, 0) is 39.9 Å². The molecular formula is C13H14BrClFNO3S. The van der Waals surface area contributed by atoms with Crippen LogP contribution < -0.4 is 0 Å². The van der Waals surface area contributed by atoms with E-state index in [1.807, 2.05) is 13.8 Å². The topological polar surface area (TPSA) is 54.5 Å². The van der Waals surface area contributed by atoms with Crippen molar-refractivity contribution in [3.8, 4) is 0 Å². The molecule has 0 saturated carbocycles. The van der Waals surface area contributed by atoms with Crippen LogP contribution in [-0.2, 0) is 9.05 Å². The van der Waals surface area contributed by atoms with Crippen LogP contribution in [0.15, 0.2) is 21.5 Å². The Bertz CT molecular complexity index is 706. The number of hydrogen-bond acceptors (Lipinski definition) is 3. The Hall–Kier alpha value is -0.660. The third-order valence-electron chi connectivity index (χ3n) is 3.47. The summed E-state index contributed by atoms with van der Waals surface area (Å²) in [6, 6.07) is 2.12. The molecule has 116 valence electrons. The lowest BCUT2D eigenvalue weighted by Gasteiger charge is -2.20. The minimum atomic E-state index is -4.14. The van der Waals surface area contributed by atoms with Crippen LogP contribution in [-0.4, -0.2) is 32.3 Å². The van der Waals surface area contributed by atoms with Gasteiger partial charge >= 0.3 is 0 Å². The Kier molecular flexibility index (Phi) is 4.39. The second kappa shape index (κ2) is 5.52. The Morgan fingerprint density at radius 1 is 1.43 bits per heavy atom. The zero-order chi connectivity index (χ0) is 16.0. The number of likely N-dealkylation sites (tertiary alicyclic amines) is 1. The number of rotatable bonds is 2. The van der Waals surface area contributed by atoms with Gasteiger partial charge in [0.1, 0.15) is 10.7 Å². The third kappa shape index (κ3) is 3.57. The van der Waals surface area contributed by atoms with Crippen LogP contribution in [0, 0.1) is 11.2 Å². The van der Waals surface area contributed by atoms with Crippen molar-refractivity contribution in [3.05, 3.63) is 28.0 Å². The Morgan fingerprint density at radius 2 is 2.05 bits per heavy atom. The number of carbonyl (C=O) groups excluding carboxylic acids is 1. The summed E-state index contributed by atoms with van der Waals surface area (Å²) in [7, 11) is 1.12. The van der Waals surface area contributed by atoms with Gasteiger partial charge in [0.15, 0.2) is 0 Å². The number of amides is 1. The standard InChI is InChI=1S/C13H14BrClFNO3S/c1-13(2)3-4-17(7-13)12(18)8-5-9(16)11(14)10(6-8)21(15,19)20/h5-6H,3-4,7H2,1-2H3. The monoisotopic (exact) mass is 397 g/mol. The van der Waals surface area contributed by atoms with Crippen molar-refractivity contribution in [3.63, 3.8) is 0 Å². The predicted octanol–water partition coefficient (Wildman–Crippen LogP) is 3.39. The van der Waals surface area contributed by atoms with Crippen molar-refractivity contribution < 1.29 is 17.6 Å². The average Bonchev–Trinajstić information content (AvgIpc) is 2.70. The van der Waals surface area contributed by atoms with Crippen molar-refractivity contribution in [2.24, 2.45) is 5.41 Å². The molecule has 1 aromatic carbocycles. The average molecular weight is 399 g/mol. The molecule has 1 amide bonds. The first kappa shape index (κ1) is 16.7. The number of carbonyl (C=O) groups is 1. The molecule has 0 radical (unpaired) electrons. The number of benzene rings is 1. The minimum absolute atomic E-state index is 0.00492. The zero-order valence-electron chi connectivity index (χ0n) is 11.5. The number of halogens is 3. The molecule has 1 aliphatic rings. The molecule has 4 nitrogen and oxygen atoms in total. The Balaban J connectivity index is 2.42. The molecule has 1 saturated heterocycles. The van der Waals surface area contributed by atoms with Crippen molar-refractivity contribution in [1.29, 1.82) is 0 Å². The molecule has 0 aromatic heterocycles. The molecule has 2 rings (SSSR count). The van der Waals surface area contributed by atoms with Crippen LogP contribution in [0.2, 0.25) is 0 Å². The third-order valence-corrected chi connectivity index (χ3v) is 5.88. The van der Waals surface area contributed by atoms with Crippen LogP contribution >= 0.6 is 26.6 Å². The van der Waals surface area contributed by atoms with E-state index in [-0.39, 0.29) is 15.5 Å². The predicted molar refractivity (Wildman–Crippen MR) is 81.4 cm³/mol. The fourth-order valence-corrected chi connectivity index (χ4v) is 4.43. The normalized spacial score (nSPS) is 18.0. The van der Waals surface area contributed by atoms with E-state index in [9.17, 15) is 17.6 Å². The molecule has 0 aliphatic carbocycles. The highest BCUT2D eigenvalue weighted by molar-refractivity contribution is 9.10. The van der Waals surface area contributed by atoms with Crippen LogP contribution in [0.25, 0.3) is 0 Å². The molecule has 0 N–H and O–H groups in total. The lowest BCUT2D eigenvalue weighted by atomic mass is 9.93. The summed E-state index contributed by atoms with van der Waals surface area (Å²) in [4.78, 5) is 13.5.